The molecule has 1 heterocycles. The zero-order chi connectivity index (χ0) is 18.5. The molecule has 2 aromatic carbocycles. The van der Waals surface area contributed by atoms with Crippen LogP contribution in [-0.4, -0.2) is 20.1 Å². The maximum absolute atomic E-state index is 14.3. The molecule has 0 aliphatic carbocycles. The number of benzene rings is 2. The van der Waals surface area contributed by atoms with Gasteiger partial charge in [-0.05, 0) is 60.6 Å². The van der Waals surface area contributed by atoms with Crippen molar-refractivity contribution in [2.45, 2.75) is 52.5 Å². The molecule has 0 unspecified atom stereocenters. The van der Waals surface area contributed by atoms with E-state index in [-0.39, 0.29) is 5.82 Å². The van der Waals surface area contributed by atoms with Gasteiger partial charge in [0.1, 0.15) is 5.82 Å². The van der Waals surface area contributed by atoms with Crippen LogP contribution in [0.15, 0.2) is 36.4 Å². The second kappa shape index (κ2) is 8.57. The summed E-state index contributed by atoms with van der Waals surface area (Å²) in [5.74, 6) is -0.0873. The van der Waals surface area contributed by atoms with E-state index in [0.29, 0.717) is 0 Å². The van der Waals surface area contributed by atoms with E-state index in [1.54, 1.807) is 6.07 Å². The molecule has 26 heavy (non-hydrogen) atoms. The average Bonchev–Trinajstić information content (AvgIpc) is 2.64. The van der Waals surface area contributed by atoms with Crippen LogP contribution in [0.5, 0.6) is 0 Å². The van der Waals surface area contributed by atoms with Crippen molar-refractivity contribution in [3.63, 3.8) is 0 Å². The molecule has 0 amide bonds. The van der Waals surface area contributed by atoms with Crippen LogP contribution < -0.4 is 9.80 Å². The molecule has 3 rings (SSSR count). The Morgan fingerprint density at radius 3 is 2.65 bits per heavy atom. The van der Waals surface area contributed by atoms with Gasteiger partial charge in [-0.25, -0.2) is 4.39 Å². The van der Waals surface area contributed by atoms with Gasteiger partial charge in [0.25, 0.3) is 0 Å². The second-order valence-electron chi connectivity index (χ2n) is 7.44. The molecule has 0 saturated heterocycles. The molecule has 3 heteroatoms. The van der Waals surface area contributed by atoms with E-state index in [4.69, 9.17) is 0 Å². The summed E-state index contributed by atoms with van der Waals surface area (Å²) in [5.41, 5.74) is 5.89. The molecule has 0 bridgehead atoms. The van der Waals surface area contributed by atoms with Crippen LogP contribution >= 0.6 is 0 Å². The summed E-state index contributed by atoms with van der Waals surface area (Å²) in [7, 11) is 2.04. The summed E-state index contributed by atoms with van der Waals surface area (Å²) in [6, 6.07) is 12.5. The first-order chi connectivity index (χ1) is 12.6. The Labute approximate surface area is 157 Å². The zero-order valence-electron chi connectivity index (χ0n) is 16.4. The second-order valence-corrected chi connectivity index (χ2v) is 7.44. The molecule has 0 radical (unpaired) electrons. The minimum atomic E-state index is -0.0873. The number of hydrogen-bond acceptors (Lipinski definition) is 2. The van der Waals surface area contributed by atoms with Gasteiger partial charge >= 0.3 is 0 Å². The van der Waals surface area contributed by atoms with Gasteiger partial charge in [0.05, 0.1) is 0 Å². The minimum absolute atomic E-state index is 0.0873. The van der Waals surface area contributed by atoms with E-state index >= 15 is 0 Å². The summed E-state index contributed by atoms with van der Waals surface area (Å²) in [4.78, 5) is 4.65. The van der Waals surface area contributed by atoms with Crippen LogP contribution in [0.1, 0.15) is 49.8 Å². The van der Waals surface area contributed by atoms with Gasteiger partial charge < -0.3 is 9.80 Å². The van der Waals surface area contributed by atoms with Crippen molar-refractivity contribution in [2.75, 3.05) is 29.9 Å². The van der Waals surface area contributed by atoms with Crippen LogP contribution in [0.4, 0.5) is 15.8 Å². The lowest BCUT2D eigenvalue weighted by Gasteiger charge is -2.32. The molecule has 0 atom stereocenters. The molecule has 2 nitrogen and oxygen atoms in total. The monoisotopic (exact) mass is 354 g/mol. The number of anilines is 2. The number of hydrogen-bond donors (Lipinski definition) is 0. The molecule has 1 aliphatic heterocycles. The summed E-state index contributed by atoms with van der Waals surface area (Å²) in [6.45, 7) is 7.39. The Bertz CT molecular complexity index is 741. The van der Waals surface area contributed by atoms with Gasteiger partial charge in [-0.15, -0.1) is 0 Å². The Hall–Kier alpha value is -2.03. The summed E-state index contributed by atoms with van der Waals surface area (Å²) < 4.78 is 14.3. The Morgan fingerprint density at radius 1 is 1.08 bits per heavy atom. The van der Waals surface area contributed by atoms with Crippen molar-refractivity contribution >= 4 is 11.4 Å². The van der Waals surface area contributed by atoms with E-state index < -0.39 is 0 Å². The smallest absolute Gasteiger partial charge is 0.128 e. The standard InChI is InChI=1S/C23H31FN2/c1-4-7-19-11-12-21(16-22(19)24)25(3)17-18-9-10-20-8-6-14-26(13-5-2)23(20)15-18/h9-12,15-16H,4-8,13-14,17H2,1-3H3. The van der Waals surface area contributed by atoms with E-state index in [1.807, 2.05) is 19.2 Å². The van der Waals surface area contributed by atoms with Crippen molar-refractivity contribution in [1.29, 1.82) is 0 Å². The lowest BCUT2D eigenvalue weighted by atomic mass is 9.99. The third-order valence-electron chi connectivity index (χ3n) is 5.27. The number of fused-ring (bicyclic) bond motifs is 1. The van der Waals surface area contributed by atoms with Crippen LogP contribution in [0.2, 0.25) is 0 Å². The first-order valence-corrected chi connectivity index (χ1v) is 9.98. The lowest BCUT2D eigenvalue weighted by Crippen LogP contribution is -2.30. The largest absolute Gasteiger partial charge is 0.371 e. The highest BCUT2D eigenvalue weighted by atomic mass is 19.1. The Kier molecular flexibility index (Phi) is 6.18. The average molecular weight is 355 g/mol. The van der Waals surface area contributed by atoms with E-state index in [1.165, 1.54) is 36.1 Å². The normalized spacial score (nSPS) is 13.6. The fourth-order valence-electron chi connectivity index (χ4n) is 3.91. The molecule has 0 spiro atoms. The third kappa shape index (κ3) is 4.20. The molecule has 140 valence electrons. The topological polar surface area (TPSA) is 6.48 Å². The highest BCUT2D eigenvalue weighted by Gasteiger charge is 2.17. The lowest BCUT2D eigenvalue weighted by molar-refractivity contribution is 0.606. The van der Waals surface area contributed by atoms with Crippen LogP contribution in [0.3, 0.4) is 0 Å². The number of rotatable bonds is 7. The first-order valence-electron chi connectivity index (χ1n) is 9.98. The maximum Gasteiger partial charge on any atom is 0.128 e. The fraction of sp³-hybridized carbons (Fsp3) is 0.478. The number of aryl methyl sites for hydroxylation is 2. The summed E-state index contributed by atoms with van der Waals surface area (Å²) in [6.07, 6.45) is 5.36. The molecule has 1 aliphatic rings. The molecular formula is C23H31FN2. The van der Waals surface area contributed by atoms with Gasteiger partial charge in [0, 0.05) is 38.1 Å². The highest BCUT2D eigenvalue weighted by molar-refractivity contribution is 5.58. The van der Waals surface area contributed by atoms with Crippen LogP contribution in [-0.2, 0) is 19.4 Å². The fourth-order valence-corrected chi connectivity index (χ4v) is 3.91. The van der Waals surface area contributed by atoms with Crippen molar-refractivity contribution in [3.8, 4) is 0 Å². The summed E-state index contributed by atoms with van der Waals surface area (Å²) in [5, 5.41) is 0. The molecule has 0 N–H and O–H groups in total. The first kappa shape index (κ1) is 18.8. The van der Waals surface area contributed by atoms with Crippen molar-refractivity contribution in [3.05, 3.63) is 58.9 Å². The quantitative estimate of drug-likeness (QED) is 0.641. The number of halogens is 1. The van der Waals surface area contributed by atoms with E-state index in [9.17, 15) is 4.39 Å². The predicted molar refractivity (Wildman–Crippen MR) is 110 cm³/mol. The van der Waals surface area contributed by atoms with Crippen molar-refractivity contribution < 1.29 is 4.39 Å². The van der Waals surface area contributed by atoms with Crippen molar-refractivity contribution in [1.82, 2.24) is 0 Å². The molecule has 0 saturated carbocycles. The number of nitrogens with zero attached hydrogens (tertiary/aromatic N) is 2. The Balaban J connectivity index is 1.76. The zero-order valence-corrected chi connectivity index (χ0v) is 16.4. The molecule has 0 aromatic heterocycles. The Morgan fingerprint density at radius 2 is 1.92 bits per heavy atom. The molecule has 2 aromatic rings. The molecular weight excluding hydrogens is 323 g/mol. The van der Waals surface area contributed by atoms with E-state index in [0.717, 1.165) is 43.7 Å². The highest BCUT2D eigenvalue weighted by Crippen LogP contribution is 2.29. The van der Waals surface area contributed by atoms with Gasteiger partial charge in [0.15, 0.2) is 0 Å². The van der Waals surface area contributed by atoms with Crippen LogP contribution in [0, 0.1) is 5.82 Å². The molecule has 0 fully saturated rings. The van der Waals surface area contributed by atoms with Crippen LogP contribution in [0.25, 0.3) is 0 Å². The van der Waals surface area contributed by atoms with Gasteiger partial charge in [-0.1, -0.05) is 38.5 Å². The van der Waals surface area contributed by atoms with Gasteiger partial charge in [-0.2, -0.15) is 0 Å². The maximum atomic E-state index is 14.3. The minimum Gasteiger partial charge on any atom is -0.371 e. The van der Waals surface area contributed by atoms with Gasteiger partial charge in [0.2, 0.25) is 0 Å². The predicted octanol–water partition coefficient (Wildman–Crippen LogP) is 5.58. The van der Waals surface area contributed by atoms with E-state index in [2.05, 4.69) is 41.8 Å². The van der Waals surface area contributed by atoms with Gasteiger partial charge in [-0.3, -0.25) is 0 Å². The third-order valence-corrected chi connectivity index (χ3v) is 5.27. The summed E-state index contributed by atoms with van der Waals surface area (Å²) >= 11 is 0. The SMILES string of the molecule is CCCc1ccc(N(C)Cc2ccc3c(c2)N(CCC)CCC3)cc1F. The van der Waals surface area contributed by atoms with Crippen molar-refractivity contribution in [2.24, 2.45) is 0 Å².